The van der Waals surface area contributed by atoms with Crippen LogP contribution >= 0.6 is 11.3 Å². The third-order valence-electron chi connectivity index (χ3n) is 7.27. The molecule has 6 rings (SSSR count). The number of carbonyl (C=O) groups is 1. The second-order valence-electron chi connectivity index (χ2n) is 9.40. The van der Waals surface area contributed by atoms with Crippen molar-refractivity contribution in [1.29, 1.82) is 0 Å². The smallest absolute Gasteiger partial charge is 0.264 e. The minimum Gasteiger partial charge on any atom is -0.495 e. The fourth-order valence-electron chi connectivity index (χ4n) is 5.15. The Kier molecular flexibility index (Phi) is 6.56. The molecule has 3 heterocycles. The van der Waals surface area contributed by atoms with Crippen LogP contribution < -0.4 is 18.7 Å². The molecule has 0 spiro atoms. The molecular formula is C28H28N4O5S2. The van der Waals surface area contributed by atoms with Gasteiger partial charge in [0.25, 0.3) is 15.9 Å². The molecule has 1 saturated heterocycles. The van der Waals surface area contributed by atoms with Crippen LogP contribution in [-0.2, 0) is 16.4 Å². The number of fused-ring (bicyclic) bond motifs is 2. The van der Waals surface area contributed by atoms with Crippen molar-refractivity contribution in [1.82, 2.24) is 9.88 Å². The van der Waals surface area contributed by atoms with Crippen molar-refractivity contribution in [3.63, 3.8) is 0 Å². The fourth-order valence-corrected chi connectivity index (χ4v) is 7.78. The molecule has 1 aromatic heterocycles. The predicted octanol–water partition coefficient (Wildman–Crippen LogP) is 4.03. The normalized spacial score (nSPS) is 15.5. The average molecular weight is 565 g/mol. The van der Waals surface area contributed by atoms with Gasteiger partial charge in [-0.05, 0) is 54.4 Å². The van der Waals surface area contributed by atoms with E-state index >= 15 is 0 Å². The molecule has 2 aliphatic rings. The maximum Gasteiger partial charge on any atom is 0.264 e. The van der Waals surface area contributed by atoms with Gasteiger partial charge in [0, 0.05) is 38.3 Å². The van der Waals surface area contributed by atoms with Gasteiger partial charge in [-0.3, -0.25) is 9.10 Å². The molecular weight excluding hydrogens is 536 g/mol. The summed E-state index contributed by atoms with van der Waals surface area (Å²) in [5, 5.41) is 0.859. The molecule has 0 N–H and O–H groups in total. The van der Waals surface area contributed by atoms with E-state index in [1.54, 1.807) is 42.6 Å². The molecule has 1 fully saturated rings. The topological polar surface area (TPSA) is 92.3 Å². The standard InChI is InChI=1S/C28H28N4O5S2/c1-36-23-11-12-24(37-2)26-25(23)29-28(38-26)31-17-15-30(16-18-31)27(33)20-7-9-21(10-8-20)39(34,35)32-14-13-19-5-3-4-6-22(19)32/h3-12H,13-18H2,1-2H3. The summed E-state index contributed by atoms with van der Waals surface area (Å²) in [7, 11) is -0.440. The molecule has 2 aliphatic heterocycles. The lowest BCUT2D eigenvalue weighted by Crippen LogP contribution is -2.48. The zero-order chi connectivity index (χ0) is 27.1. The van der Waals surface area contributed by atoms with Crippen molar-refractivity contribution in [2.24, 2.45) is 0 Å². The highest BCUT2D eigenvalue weighted by atomic mass is 32.2. The van der Waals surface area contributed by atoms with Crippen LogP contribution in [-0.4, -0.2) is 71.2 Å². The van der Waals surface area contributed by atoms with Gasteiger partial charge in [-0.15, -0.1) is 0 Å². The number of anilines is 2. The molecule has 0 saturated carbocycles. The number of sulfonamides is 1. The number of methoxy groups -OCH3 is 2. The van der Waals surface area contributed by atoms with E-state index in [0.717, 1.165) is 32.3 Å². The summed E-state index contributed by atoms with van der Waals surface area (Å²) in [4.78, 5) is 22.2. The monoisotopic (exact) mass is 564 g/mol. The number of rotatable bonds is 6. The zero-order valence-electron chi connectivity index (χ0n) is 21.7. The van der Waals surface area contributed by atoms with E-state index in [2.05, 4.69) is 4.90 Å². The van der Waals surface area contributed by atoms with Gasteiger partial charge in [0.15, 0.2) is 5.13 Å². The summed E-state index contributed by atoms with van der Waals surface area (Å²) < 4.78 is 40.0. The highest BCUT2D eigenvalue weighted by molar-refractivity contribution is 7.92. The van der Waals surface area contributed by atoms with Crippen molar-refractivity contribution in [2.75, 3.05) is 56.1 Å². The minimum absolute atomic E-state index is 0.113. The minimum atomic E-state index is -3.70. The number of hydrogen-bond acceptors (Lipinski definition) is 8. The lowest BCUT2D eigenvalue weighted by Gasteiger charge is -2.34. The Morgan fingerprint density at radius 2 is 1.56 bits per heavy atom. The lowest BCUT2D eigenvalue weighted by atomic mass is 10.2. The molecule has 39 heavy (non-hydrogen) atoms. The maximum atomic E-state index is 13.3. The van der Waals surface area contributed by atoms with Crippen LogP contribution in [0.15, 0.2) is 65.6 Å². The second-order valence-corrected chi connectivity index (χ2v) is 12.2. The molecule has 4 aromatic rings. The molecule has 202 valence electrons. The van der Waals surface area contributed by atoms with E-state index in [9.17, 15) is 13.2 Å². The van der Waals surface area contributed by atoms with Crippen molar-refractivity contribution < 1.29 is 22.7 Å². The van der Waals surface area contributed by atoms with E-state index in [1.807, 2.05) is 36.4 Å². The first-order valence-corrected chi connectivity index (χ1v) is 14.9. The fraction of sp³-hybridized carbons (Fsp3) is 0.286. The number of carbonyl (C=O) groups excluding carboxylic acids is 1. The third kappa shape index (κ3) is 4.45. The van der Waals surface area contributed by atoms with Gasteiger partial charge in [0.1, 0.15) is 21.7 Å². The van der Waals surface area contributed by atoms with Crippen LogP contribution in [0.1, 0.15) is 15.9 Å². The molecule has 0 atom stereocenters. The van der Waals surface area contributed by atoms with Crippen LogP contribution in [0, 0.1) is 0 Å². The number of thiazole rings is 1. The Labute approximate surface area is 231 Å². The van der Waals surface area contributed by atoms with E-state index < -0.39 is 10.0 Å². The van der Waals surface area contributed by atoms with Gasteiger partial charge in [-0.2, -0.15) is 0 Å². The van der Waals surface area contributed by atoms with Crippen molar-refractivity contribution in [2.45, 2.75) is 11.3 Å². The first-order valence-electron chi connectivity index (χ1n) is 12.7. The Morgan fingerprint density at radius 3 is 2.28 bits per heavy atom. The predicted molar refractivity (Wildman–Crippen MR) is 152 cm³/mol. The van der Waals surface area contributed by atoms with Crippen molar-refractivity contribution >= 4 is 48.3 Å². The number of aromatic nitrogens is 1. The summed E-state index contributed by atoms with van der Waals surface area (Å²) in [6.07, 6.45) is 0.691. The van der Waals surface area contributed by atoms with Gasteiger partial charge in [-0.1, -0.05) is 29.5 Å². The first kappa shape index (κ1) is 25.4. The summed E-state index contributed by atoms with van der Waals surface area (Å²) in [6, 6.07) is 17.5. The number of piperazine rings is 1. The molecule has 0 bridgehead atoms. The van der Waals surface area contributed by atoms with Crippen molar-refractivity contribution in [3.8, 4) is 11.5 Å². The largest absolute Gasteiger partial charge is 0.495 e. The number of para-hydroxylation sites is 1. The van der Waals surface area contributed by atoms with E-state index in [-0.39, 0.29) is 10.8 Å². The van der Waals surface area contributed by atoms with E-state index in [0.29, 0.717) is 50.5 Å². The lowest BCUT2D eigenvalue weighted by molar-refractivity contribution is 0.0746. The third-order valence-corrected chi connectivity index (χ3v) is 10.2. The number of hydrogen-bond donors (Lipinski definition) is 0. The van der Waals surface area contributed by atoms with Gasteiger partial charge in [0.05, 0.1) is 24.8 Å². The Balaban J connectivity index is 1.14. The Morgan fingerprint density at radius 1 is 0.872 bits per heavy atom. The number of amides is 1. The van der Waals surface area contributed by atoms with Crippen molar-refractivity contribution in [3.05, 3.63) is 71.8 Å². The summed E-state index contributed by atoms with van der Waals surface area (Å²) >= 11 is 1.55. The molecule has 9 nitrogen and oxygen atoms in total. The average Bonchev–Trinajstić information content (AvgIpc) is 3.62. The highest BCUT2D eigenvalue weighted by Crippen LogP contribution is 2.40. The SMILES string of the molecule is COc1ccc(OC)c2sc(N3CCN(C(=O)c4ccc(S(=O)(=O)N5CCc6ccccc65)cc4)CC3)nc12. The molecule has 3 aromatic carbocycles. The number of ether oxygens (including phenoxy) is 2. The van der Waals surface area contributed by atoms with Gasteiger partial charge in [-0.25, -0.2) is 13.4 Å². The summed E-state index contributed by atoms with van der Waals surface area (Å²) in [5.74, 6) is 1.34. The van der Waals surface area contributed by atoms with Crippen LogP contribution in [0.2, 0.25) is 0 Å². The molecule has 0 unspecified atom stereocenters. The van der Waals surface area contributed by atoms with E-state index in [1.165, 1.54) is 16.4 Å². The van der Waals surface area contributed by atoms with E-state index in [4.69, 9.17) is 14.5 Å². The van der Waals surface area contributed by atoms with Crippen LogP contribution in [0.4, 0.5) is 10.8 Å². The van der Waals surface area contributed by atoms with Crippen LogP contribution in [0.5, 0.6) is 11.5 Å². The summed E-state index contributed by atoms with van der Waals surface area (Å²) in [6.45, 7) is 2.76. The summed E-state index contributed by atoms with van der Waals surface area (Å²) in [5.41, 5.74) is 2.98. The van der Waals surface area contributed by atoms with Gasteiger partial charge in [0.2, 0.25) is 0 Å². The zero-order valence-corrected chi connectivity index (χ0v) is 23.3. The maximum absolute atomic E-state index is 13.3. The van der Waals surface area contributed by atoms with Gasteiger partial charge >= 0.3 is 0 Å². The van der Waals surface area contributed by atoms with Gasteiger partial charge < -0.3 is 19.3 Å². The van der Waals surface area contributed by atoms with Crippen LogP contribution in [0.3, 0.4) is 0 Å². The molecule has 0 radical (unpaired) electrons. The van der Waals surface area contributed by atoms with Crippen LogP contribution in [0.25, 0.3) is 10.2 Å². The molecule has 11 heteroatoms. The Bertz CT molecular complexity index is 1600. The molecule has 0 aliphatic carbocycles. The number of nitrogens with zero attached hydrogens (tertiary/aromatic N) is 4. The molecule has 1 amide bonds. The second kappa shape index (κ2) is 10.0. The first-order chi connectivity index (χ1) is 18.9. The highest BCUT2D eigenvalue weighted by Gasteiger charge is 2.31. The number of benzene rings is 3. The Hall–Kier alpha value is -3.83. The quantitative estimate of drug-likeness (QED) is 0.349.